The minimum atomic E-state index is 0. The summed E-state index contributed by atoms with van der Waals surface area (Å²) in [5, 5.41) is 9.61. The summed E-state index contributed by atoms with van der Waals surface area (Å²) in [4.78, 5) is 12.2. The predicted molar refractivity (Wildman–Crippen MR) is 127 cm³/mol. The molecule has 157 valence electrons. The molecule has 1 radical (unpaired) electrons. The first-order valence-corrected chi connectivity index (χ1v) is 10.1. The first-order valence-electron chi connectivity index (χ1n) is 10.1. The minimum absolute atomic E-state index is 0. The van der Waals surface area contributed by atoms with E-state index in [1.165, 1.54) is 27.5 Å². The number of anilines is 1. The third-order valence-electron chi connectivity index (χ3n) is 5.28. The Morgan fingerprint density at radius 2 is 1.61 bits per heavy atom. The van der Waals surface area contributed by atoms with Crippen LogP contribution in [0.5, 0.6) is 0 Å². The zero-order valence-corrected chi connectivity index (χ0v) is 20.3. The molecule has 1 aromatic heterocycles. The Kier molecular flexibility index (Phi) is 9.30. The Morgan fingerprint density at radius 1 is 0.903 bits per heavy atom. The van der Waals surface area contributed by atoms with Crippen LogP contribution < -0.4 is 15.2 Å². The fourth-order valence-electron chi connectivity index (χ4n) is 3.95. The van der Waals surface area contributed by atoms with Crippen LogP contribution in [0.25, 0.3) is 32.9 Å². The van der Waals surface area contributed by atoms with Gasteiger partial charge >= 0.3 is 0 Å². The van der Waals surface area contributed by atoms with Crippen molar-refractivity contribution >= 4 is 33.3 Å². The zero-order chi connectivity index (χ0) is 20.2. The molecule has 2 N–H and O–H groups in total. The van der Waals surface area contributed by atoms with Gasteiger partial charge in [0.15, 0.2) is 0 Å². The van der Waals surface area contributed by atoms with Crippen LogP contribution >= 0.6 is 0 Å². The molecule has 4 rings (SSSR count). The molecule has 3 aromatic carbocycles. The van der Waals surface area contributed by atoms with Crippen molar-refractivity contribution in [1.82, 2.24) is 5.32 Å². The maximum atomic E-state index is 12.2. The molecule has 4 nitrogen and oxygen atoms in total. The number of benzene rings is 3. The largest absolute Gasteiger partial charge is 0.326 e. The van der Waals surface area contributed by atoms with E-state index in [9.17, 15) is 4.79 Å². The summed E-state index contributed by atoms with van der Waals surface area (Å²) in [7, 11) is 1.85. The molecule has 0 saturated heterocycles. The standard InChI is InChI=1S/C25H25N3O.CH4.Y/c1-3-28-23-12-8-7-11-21(23)20-14-13-19(27-24(29)15-16-26-2)17-22(20)25(28)18-9-5-4-6-10-18;;/h4-14,17,26H,3,15-16H2,1-2H3;1H4;/p+1. The van der Waals surface area contributed by atoms with Crippen LogP contribution in [0.4, 0.5) is 5.69 Å². The molecule has 0 saturated carbocycles. The van der Waals surface area contributed by atoms with Crippen molar-refractivity contribution in [2.45, 2.75) is 27.3 Å². The summed E-state index contributed by atoms with van der Waals surface area (Å²) < 4.78 is 2.36. The topological polar surface area (TPSA) is 45.0 Å². The smallest absolute Gasteiger partial charge is 0.225 e. The maximum Gasteiger partial charge on any atom is 0.225 e. The first-order chi connectivity index (χ1) is 14.2. The van der Waals surface area contributed by atoms with Gasteiger partial charge in [0.05, 0.1) is 10.8 Å². The Morgan fingerprint density at radius 3 is 2.32 bits per heavy atom. The molecule has 4 aromatic rings. The van der Waals surface area contributed by atoms with Crippen LogP contribution in [0.1, 0.15) is 20.8 Å². The fourth-order valence-corrected chi connectivity index (χ4v) is 3.95. The van der Waals surface area contributed by atoms with Gasteiger partial charge in [-0.25, -0.2) is 0 Å². The molecule has 31 heavy (non-hydrogen) atoms. The SMILES string of the molecule is C.CC[n+]1c(-c2ccccc2)c2cc(NC(=O)CCNC)ccc2c2ccccc21.[Y]. The third kappa shape index (κ3) is 5.20. The number of hydrogen-bond donors (Lipinski definition) is 2. The number of aryl methyl sites for hydroxylation is 1. The quantitative estimate of drug-likeness (QED) is 0.291. The summed E-state index contributed by atoms with van der Waals surface area (Å²) in [6, 6.07) is 25.2. The molecule has 0 fully saturated rings. The van der Waals surface area contributed by atoms with Crippen LogP contribution in [0.3, 0.4) is 0 Å². The van der Waals surface area contributed by atoms with Crippen LogP contribution in [-0.4, -0.2) is 19.5 Å². The van der Waals surface area contributed by atoms with E-state index in [0.29, 0.717) is 13.0 Å². The summed E-state index contributed by atoms with van der Waals surface area (Å²) >= 11 is 0. The van der Waals surface area contributed by atoms with E-state index in [2.05, 4.69) is 82.8 Å². The van der Waals surface area contributed by atoms with Gasteiger partial charge in [-0.2, -0.15) is 4.57 Å². The van der Waals surface area contributed by atoms with Gasteiger partial charge < -0.3 is 10.6 Å². The van der Waals surface area contributed by atoms with E-state index >= 15 is 0 Å². The minimum Gasteiger partial charge on any atom is -0.326 e. The number of para-hydroxylation sites is 1. The number of amides is 1. The number of carbonyl (C=O) groups is 1. The van der Waals surface area contributed by atoms with Gasteiger partial charge in [0.1, 0.15) is 6.54 Å². The molecule has 0 spiro atoms. The average molecular weight is 489 g/mol. The van der Waals surface area contributed by atoms with Crippen molar-refractivity contribution in [2.24, 2.45) is 0 Å². The van der Waals surface area contributed by atoms with Crippen molar-refractivity contribution in [3.63, 3.8) is 0 Å². The van der Waals surface area contributed by atoms with E-state index in [1.54, 1.807) is 0 Å². The van der Waals surface area contributed by atoms with Crippen molar-refractivity contribution in [3.05, 3.63) is 72.8 Å². The fraction of sp³-hybridized carbons (Fsp3) is 0.231. The van der Waals surface area contributed by atoms with E-state index in [4.69, 9.17) is 0 Å². The molecular weight excluding hydrogens is 459 g/mol. The van der Waals surface area contributed by atoms with Gasteiger partial charge in [0.25, 0.3) is 0 Å². The summed E-state index contributed by atoms with van der Waals surface area (Å²) in [5.74, 6) is 0.0177. The third-order valence-corrected chi connectivity index (χ3v) is 5.28. The second kappa shape index (κ2) is 11.5. The number of rotatable bonds is 6. The Labute approximate surface area is 209 Å². The molecule has 0 bridgehead atoms. The van der Waals surface area contributed by atoms with Crippen LogP contribution in [0.15, 0.2) is 72.8 Å². The van der Waals surface area contributed by atoms with Crippen LogP contribution in [0, 0.1) is 0 Å². The van der Waals surface area contributed by atoms with Crippen LogP contribution in [0.2, 0.25) is 0 Å². The number of nitrogens with one attached hydrogen (secondary N) is 2. The molecule has 0 aliphatic rings. The van der Waals surface area contributed by atoms with Gasteiger partial charge in [0.2, 0.25) is 17.1 Å². The monoisotopic (exact) mass is 489 g/mol. The number of aromatic nitrogens is 1. The Bertz CT molecular complexity index is 1180. The first kappa shape index (κ1) is 25.1. The van der Waals surface area contributed by atoms with Gasteiger partial charge in [-0.1, -0.05) is 43.8 Å². The average Bonchev–Trinajstić information content (AvgIpc) is 2.77. The Hall–Kier alpha value is -2.14. The van der Waals surface area contributed by atoms with E-state index in [1.807, 2.05) is 19.2 Å². The van der Waals surface area contributed by atoms with Crippen molar-refractivity contribution in [3.8, 4) is 11.3 Å². The number of fused-ring (bicyclic) bond motifs is 3. The number of hydrogen-bond acceptors (Lipinski definition) is 2. The molecule has 0 unspecified atom stereocenters. The molecule has 0 aliphatic heterocycles. The number of nitrogens with zero attached hydrogens (tertiary/aromatic N) is 1. The second-order valence-corrected chi connectivity index (χ2v) is 7.14. The normalized spacial score (nSPS) is 10.4. The number of pyridine rings is 1. The second-order valence-electron chi connectivity index (χ2n) is 7.14. The van der Waals surface area contributed by atoms with Crippen LogP contribution in [-0.2, 0) is 44.0 Å². The molecule has 1 heterocycles. The predicted octanol–water partition coefficient (Wildman–Crippen LogP) is 5.15. The molecular formula is C26H30N3OY+. The van der Waals surface area contributed by atoms with Gasteiger partial charge in [-0.05, 0) is 44.3 Å². The molecule has 5 heteroatoms. The molecule has 0 atom stereocenters. The van der Waals surface area contributed by atoms with Crippen molar-refractivity contribution in [2.75, 3.05) is 18.9 Å². The summed E-state index contributed by atoms with van der Waals surface area (Å²) in [6.45, 7) is 3.70. The molecule has 0 aliphatic carbocycles. The molecule has 1 amide bonds. The van der Waals surface area contributed by atoms with E-state index in [0.717, 1.165) is 17.6 Å². The Balaban J connectivity index is 0.00000171. The van der Waals surface area contributed by atoms with Gasteiger partial charge in [0, 0.05) is 68.4 Å². The van der Waals surface area contributed by atoms with Gasteiger partial charge in [-0.3, -0.25) is 4.79 Å². The van der Waals surface area contributed by atoms with Crippen molar-refractivity contribution in [1.29, 1.82) is 0 Å². The van der Waals surface area contributed by atoms with Gasteiger partial charge in [-0.15, -0.1) is 0 Å². The summed E-state index contributed by atoms with van der Waals surface area (Å²) in [5.41, 5.74) is 4.39. The maximum absolute atomic E-state index is 12.2. The summed E-state index contributed by atoms with van der Waals surface area (Å²) in [6.07, 6.45) is 0.451. The van der Waals surface area contributed by atoms with E-state index in [-0.39, 0.29) is 46.0 Å². The number of carbonyl (C=O) groups excluding carboxylic acids is 1. The van der Waals surface area contributed by atoms with Crippen molar-refractivity contribution < 1.29 is 42.1 Å². The zero-order valence-electron chi connectivity index (χ0n) is 17.5. The van der Waals surface area contributed by atoms with E-state index < -0.39 is 0 Å².